The highest BCUT2D eigenvalue weighted by atomic mass is 35.5. The highest BCUT2D eigenvalue weighted by Gasteiger charge is 2.12. The Hall–Kier alpha value is -1.72. The summed E-state index contributed by atoms with van der Waals surface area (Å²) >= 11 is 10.5. The molecule has 0 aromatic heterocycles. The van der Waals surface area contributed by atoms with E-state index in [4.69, 9.17) is 17.3 Å². The summed E-state index contributed by atoms with van der Waals surface area (Å²) in [7, 11) is 0. The molecule has 0 atom stereocenters. The molecule has 6 heteroatoms. The Morgan fingerprint density at radius 1 is 1.20 bits per heavy atom. The van der Waals surface area contributed by atoms with Crippen LogP contribution in [-0.2, 0) is 6.54 Å². The molecule has 20 heavy (non-hydrogen) atoms. The first kappa shape index (κ1) is 14.7. The second kappa shape index (κ2) is 6.15. The molecule has 104 valence electrons. The number of anilines is 1. The summed E-state index contributed by atoms with van der Waals surface area (Å²) in [6.07, 6.45) is 0. The summed E-state index contributed by atoms with van der Waals surface area (Å²) in [6, 6.07) is 9.22. The number of hydrogen-bond acceptors (Lipinski definition) is 2. The van der Waals surface area contributed by atoms with E-state index in [1.165, 1.54) is 0 Å². The molecule has 0 saturated carbocycles. The first-order chi connectivity index (χ1) is 9.47. The Labute approximate surface area is 125 Å². The fourth-order valence-electron chi connectivity index (χ4n) is 1.72. The predicted molar refractivity (Wildman–Crippen MR) is 81.0 cm³/mol. The van der Waals surface area contributed by atoms with Crippen LogP contribution in [0.5, 0.6) is 0 Å². The molecular formula is C14H11ClF2N2S. The second-order valence-corrected chi connectivity index (χ2v) is 5.04. The number of rotatable bonds is 4. The van der Waals surface area contributed by atoms with Crippen LogP contribution in [0, 0.1) is 11.6 Å². The Bertz CT molecular complexity index is 638. The largest absolute Gasteiger partial charge is 0.389 e. The van der Waals surface area contributed by atoms with Crippen LogP contribution in [0.25, 0.3) is 0 Å². The number of halogens is 3. The first-order valence-corrected chi connectivity index (χ1v) is 6.53. The molecule has 0 spiro atoms. The van der Waals surface area contributed by atoms with Gasteiger partial charge in [0, 0.05) is 17.1 Å². The fourth-order valence-corrected chi connectivity index (χ4v) is 2.05. The van der Waals surface area contributed by atoms with Crippen LogP contribution in [0.4, 0.5) is 14.5 Å². The Morgan fingerprint density at radius 3 is 2.40 bits per heavy atom. The van der Waals surface area contributed by atoms with Gasteiger partial charge in [-0.05, 0) is 29.8 Å². The van der Waals surface area contributed by atoms with Crippen molar-refractivity contribution in [2.24, 2.45) is 5.73 Å². The summed E-state index contributed by atoms with van der Waals surface area (Å²) in [5.74, 6) is -1.48. The third-order valence-electron chi connectivity index (χ3n) is 2.68. The molecule has 0 heterocycles. The normalized spacial score (nSPS) is 10.3. The van der Waals surface area contributed by atoms with Gasteiger partial charge in [-0.15, -0.1) is 0 Å². The van der Waals surface area contributed by atoms with Gasteiger partial charge in [0.1, 0.15) is 22.3 Å². The van der Waals surface area contributed by atoms with Crippen LogP contribution in [0.15, 0.2) is 36.4 Å². The van der Waals surface area contributed by atoms with Crippen molar-refractivity contribution < 1.29 is 8.78 Å². The van der Waals surface area contributed by atoms with E-state index in [1.54, 1.807) is 24.3 Å². The van der Waals surface area contributed by atoms with Crippen LogP contribution in [0.1, 0.15) is 11.1 Å². The minimum Gasteiger partial charge on any atom is -0.389 e. The highest BCUT2D eigenvalue weighted by molar-refractivity contribution is 7.80. The van der Waals surface area contributed by atoms with Gasteiger partial charge in [0.05, 0.1) is 0 Å². The first-order valence-electron chi connectivity index (χ1n) is 5.74. The summed E-state index contributed by atoms with van der Waals surface area (Å²) in [5.41, 5.74) is 6.10. The molecule has 0 aliphatic carbocycles. The lowest BCUT2D eigenvalue weighted by Gasteiger charge is -2.10. The van der Waals surface area contributed by atoms with E-state index in [2.05, 4.69) is 17.5 Å². The monoisotopic (exact) mass is 312 g/mol. The maximum absolute atomic E-state index is 13.8. The summed E-state index contributed by atoms with van der Waals surface area (Å²) in [6.45, 7) is 0.251. The van der Waals surface area contributed by atoms with Gasteiger partial charge in [-0.1, -0.05) is 36.0 Å². The molecule has 3 N–H and O–H groups in total. The van der Waals surface area contributed by atoms with E-state index >= 15 is 0 Å². The molecule has 0 fully saturated rings. The van der Waals surface area contributed by atoms with Crippen molar-refractivity contribution in [2.45, 2.75) is 6.54 Å². The van der Waals surface area contributed by atoms with Crippen molar-refractivity contribution in [3.05, 3.63) is 64.2 Å². The number of thiocarbonyl (C=S) groups is 1. The summed E-state index contributed by atoms with van der Waals surface area (Å²) in [4.78, 5) is -0.0517. The van der Waals surface area contributed by atoms with E-state index in [9.17, 15) is 8.78 Å². The van der Waals surface area contributed by atoms with E-state index < -0.39 is 11.6 Å². The van der Waals surface area contributed by atoms with Gasteiger partial charge >= 0.3 is 0 Å². The maximum Gasteiger partial charge on any atom is 0.150 e. The number of benzene rings is 2. The van der Waals surface area contributed by atoms with E-state index in [-0.39, 0.29) is 22.8 Å². The molecule has 0 saturated heterocycles. The van der Waals surface area contributed by atoms with Gasteiger partial charge in [-0.3, -0.25) is 0 Å². The zero-order valence-corrected chi connectivity index (χ0v) is 11.9. The van der Waals surface area contributed by atoms with Crippen molar-refractivity contribution >= 4 is 34.5 Å². The minimum absolute atomic E-state index is 0.0517. The average molecular weight is 313 g/mol. The van der Waals surface area contributed by atoms with Crippen molar-refractivity contribution in [2.75, 3.05) is 5.32 Å². The van der Waals surface area contributed by atoms with E-state index in [0.29, 0.717) is 5.02 Å². The maximum atomic E-state index is 13.8. The van der Waals surface area contributed by atoms with Crippen LogP contribution in [-0.4, -0.2) is 4.99 Å². The SMILES string of the molecule is NC(=S)c1cc(F)c(NCc2cccc(Cl)c2)c(F)c1. The molecular weight excluding hydrogens is 302 g/mol. The fraction of sp³-hybridized carbons (Fsp3) is 0.0714. The van der Waals surface area contributed by atoms with Crippen molar-refractivity contribution in [1.82, 2.24) is 0 Å². The molecule has 0 aliphatic rings. The topological polar surface area (TPSA) is 38.0 Å². The Kier molecular flexibility index (Phi) is 4.52. The lowest BCUT2D eigenvalue weighted by Crippen LogP contribution is -2.12. The second-order valence-electron chi connectivity index (χ2n) is 4.16. The zero-order valence-electron chi connectivity index (χ0n) is 10.3. The molecule has 0 radical (unpaired) electrons. The number of nitrogens with two attached hydrogens (primary N) is 1. The number of hydrogen-bond donors (Lipinski definition) is 2. The molecule has 0 aliphatic heterocycles. The number of nitrogens with one attached hydrogen (secondary N) is 1. The molecule has 2 aromatic rings. The Balaban J connectivity index is 2.20. The van der Waals surface area contributed by atoms with Crippen molar-refractivity contribution in [3.8, 4) is 0 Å². The van der Waals surface area contributed by atoms with Gasteiger partial charge in [-0.25, -0.2) is 8.78 Å². The molecule has 0 bridgehead atoms. The zero-order chi connectivity index (χ0) is 14.7. The average Bonchev–Trinajstić information content (AvgIpc) is 2.37. The molecule has 2 rings (SSSR count). The minimum atomic E-state index is -0.741. The standard InChI is InChI=1S/C14H11ClF2N2S/c15-10-3-1-2-8(4-10)7-19-13-11(16)5-9(14(18)20)6-12(13)17/h1-6,19H,7H2,(H2,18,20). The highest BCUT2D eigenvalue weighted by Crippen LogP contribution is 2.22. The molecule has 2 aromatic carbocycles. The van der Waals surface area contributed by atoms with Crippen LogP contribution in [0.3, 0.4) is 0 Å². The van der Waals surface area contributed by atoms with Crippen molar-refractivity contribution in [3.63, 3.8) is 0 Å². The molecule has 0 amide bonds. The van der Waals surface area contributed by atoms with Crippen molar-refractivity contribution in [1.29, 1.82) is 0 Å². The van der Waals surface area contributed by atoms with Crippen LogP contribution >= 0.6 is 23.8 Å². The quantitative estimate of drug-likeness (QED) is 0.842. The van der Waals surface area contributed by atoms with E-state index in [1.807, 2.05) is 0 Å². The lowest BCUT2D eigenvalue weighted by molar-refractivity contribution is 0.587. The third kappa shape index (κ3) is 3.43. The van der Waals surface area contributed by atoms with Crippen LogP contribution < -0.4 is 11.1 Å². The van der Waals surface area contributed by atoms with E-state index in [0.717, 1.165) is 17.7 Å². The molecule has 0 unspecified atom stereocenters. The molecule has 2 nitrogen and oxygen atoms in total. The Morgan fingerprint density at radius 2 is 1.85 bits per heavy atom. The third-order valence-corrected chi connectivity index (χ3v) is 3.16. The van der Waals surface area contributed by atoms with Gasteiger partial charge in [0.2, 0.25) is 0 Å². The van der Waals surface area contributed by atoms with Gasteiger partial charge in [0.25, 0.3) is 0 Å². The van der Waals surface area contributed by atoms with Gasteiger partial charge in [0.15, 0.2) is 0 Å². The van der Waals surface area contributed by atoms with Gasteiger partial charge in [-0.2, -0.15) is 0 Å². The smallest absolute Gasteiger partial charge is 0.150 e. The summed E-state index contributed by atoms with van der Waals surface area (Å²) < 4.78 is 27.6. The van der Waals surface area contributed by atoms with Gasteiger partial charge < -0.3 is 11.1 Å². The predicted octanol–water partition coefficient (Wildman–Crippen LogP) is 3.86. The summed E-state index contributed by atoms with van der Waals surface area (Å²) in [5, 5.41) is 3.26. The lowest BCUT2D eigenvalue weighted by atomic mass is 10.1. The van der Waals surface area contributed by atoms with Crippen LogP contribution in [0.2, 0.25) is 5.02 Å².